The third-order valence-corrected chi connectivity index (χ3v) is 6.05. The Hall–Kier alpha value is -2.48. The normalized spacial score (nSPS) is 11.0. The standard InChI is InChI=1S/C23H17Br2NO4/c24-19-6-2-1-5-16(19)22-18(12-14-4-3-9-26-23(14)25)21(28)17-8-7-15(29-11-10-27)13-20(17)30-22/h1-9,13,27H,10-12H2. The lowest BCUT2D eigenvalue weighted by Crippen LogP contribution is -2.12. The molecule has 0 bridgehead atoms. The maximum atomic E-state index is 13.5. The molecule has 7 heteroatoms. The summed E-state index contributed by atoms with van der Waals surface area (Å²) >= 11 is 7.04. The molecule has 5 nitrogen and oxygen atoms in total. The van der Waals surface area contributed by atoms with Crippen molar-refractivity contribution in [3.63, 3.8) is 0 Å². The van der Waals surface area contributed by atoms with Crippen molar-refractivity contribution in [1.29, 1.82) is 0 Å². The summed E-state index contributed by atoms with van der Waals surface area (Å²) in [5.74, 6) is 1.02. The van der Waals surface area contributed by atoms with Gasteiger partial charge in [0.2, 0.25) is 0 Å². The van der Waals surface area contributed by atoms with E-state index in [0.29, 0.717) is 39.1 Å². The summed E-state index contributed by atoms with van der Waals surface area (Å²) in [7, 11) is 0. The third-order valence-electron chi connectivity index (χ3n) is 4.64. The van der Waals surface area contributed by atoms with E-state index in [1.165, 1.54) is 0 Å². The molecule has 0 radical (unpaired) electrons. The molecule has 0 fully saturated rings. The predicted octanol–water partition coefficient (Wildman–Crippen LogP) is 5.34. The molecule has 0 atom stereocenters. The van der Waals surface area contributed by atoms with Gasteiger partial charge in [-0.25, -0.2) is 4.98 Å². The number of aliphatic hydroxyl groups excluding tert-OH is 1. The smallest absolute Gasteiger partial charge is 0.196 e. The number of hydrogen-bond donors (Lipinski definition) is 1. The molecule has 30 heavy (non-hydrogen) atoms. The minimum Gasteiger partial charge on any atom is -0.491 e. The molecule has 0 aliphatic heterocycles. The zero-order valence-electron chi connectivity index (χ0n) is 15.8. The molecule has 1 N–H and O–H groups in total. The lowest BCUT2D eigenvalue weighted by molar-refractivity contribution is 0.201. The molecule has 0 spiro atoms. The fourth-order valence-electron chi connectivity index (χ4n) is 3.23. The summed E-state index contributed by atoms with van der Waals surface area (Å²) in [6.07, 6.45) is 2.06. The van der Waals surface area contributed by atoms with Crippen molar-refractivity contribution in [2.45, 2.75) is 6.42 Å². The molecule has 4 aromatic rings. The van der Waals surface area contributed by atoms with Crippen molar-refractivity contribution in [3.05, 3.63) is 91.2 Å². The highest BCUT2D eigenvalue weighted by Gasteiger charge is 2.19. The summed E-state index contributed by atoms with van der Waals surface area (Å²) in [5, 5.41) is 9.46. The Morgan fingerprint density at radius 2 is 1.90 bits per heavy atom. The number of nitrogens with zero attached hydrogens (tertiary/aromatic N) is 1. The summed E-state index contributed by atoms with van der Waals surface area (Å²) in [4.78, 5) is 17.7. The highest BCUT2D eigenvalue weighted by Crippen LogP contribution is 2.34. The number of rotatable bonds is 6. The number of fused-ring (bicyclic) bond motifs is 1. The average Bonchev–Trinajstić information content (AvgIpc) is 2.75. The van der Waals surface area contributed by atoms with Gasteiger partial charge in [0.05, 0.1) is 12.0 Å². The van der Waals surface area contributed by atoms with E-state index in [2.05, 4.69) is 36.8 Å². The van der Waals surface area contributed by atoms with Crippen LogP contribution in [0.2, 0.25) is 0 Å². The van der Waals surface area contributed by atoms with Crippen LogP contribution in [0.1, 0.15) is 11.1 Å². The van der Waals surface area contributed by atoms with Crippen LogP contribution in [0.4, 0.5) is 0 Å². The Bertz CT molecular complexity index is 1270. The second-order valence-corrected chi connectivity index (χ2v) is 8.18. The fourth-order valence-corrected chi connectivity index (χ4v) is 4.09. The molecule has 152 valence electrons. The number of halogens is 2. The minimum absolute atomic E-state index is 0.0941. The van der Waals surface area contributed by atoms with Crippen molar-refractivity contribution in [2.24, 2.45) is 0 Å². The highest BCUT2D eigenvalue weighted by atomic mass is 79.9. The van der Waals surface area contributed by atoms with E-state index in [9.17, 15) is 4.79 Å². The minimum atomic E-state index is -0.105. The SMILES string of the molecule is O=c1c(Cc2cccnc2Br)c(-c2ccccc2Br)oc2cc(OCCO)ccc12. The highest BCUT2D eigenvalue weighted by molar-refractivity contribution is 9.10. The molecule has 0 aliphatic rings. The first kappa shape index (κ1) is 20.8. The summed E-state index contributed by atoms with van der Waals surface area (Å²) < 4.78 is 13.3. The van der Waals surface area contributed by atoms with Gasteiger partial charge in [-0.1, -0.05) is 40.2 Å². The van der Waals surface area contributed by atoms with E-state index in [-0.39, 0.29) is 18.6 Å². The van der Waals surface area contributed by atoms with Gasteiger partial charge in [0, 0.05) is 34.3 Å². The van der Waals surface area contributed by atoms with Gasteiger partial charge in [0.25, 0.3) is 0 Å². The van der Waals surface area contributed by atoms with Crippen LogP contribution >= 0.6 is 31.9 Å². The first-order valence-electron chi connectivity index (χ1n) is 9.26. The molecular weight excluding hydrogens is 514 g/mol. The van der Waals surface area contributed by atoms with Gasteiger partial charge in [-0.05, 0) is 45.8 Å². The Morgan fingerprint density at radius 1 is 1.07 bits per heavy atom. The number of pyridine rings is 1. The Balaban J connectivity index is 1.95. The van der Waals surface area contributed by atoms with Gasteiger partial charge < -0.3 is 14.3 Å². The largest absolute Gasteiger partial charge is 0.491 e. The van der Waals surface area contributed by atoms with Crippen LogP contribution in [-0.4, -0.2) is 23.3 Å². The van der Waals surface area contributed by atoms with Crippen molar-refractivity contribution in [2.75, 3.05) is 13.2 Å². The zero-order chi connectivity index (χ0) is 21.1. The molecule has 2 aromatic carbocycles. The molecule has 2 aromatic heterocycles. The molecular formula is C23H17Br2NO4. The molecule has 4 rings (SSSR count). The van der Waals surface area contributed by atoms with Gasteiger partial charge in [0.1, 0.15) is 28.3 Å². The first-order valence-corrected chi connectivity index (χ1v) is 10.8. The number of aromatic nitrogens is 1. The van der Waals surface area contributed by atoms with Gasteiger partial charge >= 0.3 is 0 Å². The van der Waals surface area contributed by atoms with E-state index in [0.717, 1.165) is 15.6 Å². The van der Waals surface area contributed by atoms with Crippen molar-refractivity contribution < 1.29 is 14.3 Å². The van der Waals surface area contributed by atoms with Gasteiger partial charge in [-0.3, -0.25) is 4.79 Å². The second-order valence-electron chi connectivity index (χ2n) is 6.58. The summed E-state index contributed by atoms with van der Waals surface area (Å²) in [5.41, 5.74) is 2.54. The maximum Gasteiger partial charge on any atom is 0.196 e. The number of aliphatic hydroxyl groups is 1. The lowest BCUT2D eigenvalue weighted by Gasteiger charge is -2.13. The number of ether oxygens (including phenoxy) is 1. The van der Waals surface area contributed by atoms with E-state index >= 15 is 0 Å². The Morgan fingerprint density at radius 3 is 2.67 bits per heavy atom. The molecule has 0 aliphatic carbocycles. The third kappa shape index (κ3) is 4.19. The quantitative estimate of drug-likeness (QED) is 0.340. The van der Waals surface area contributed by atoms with E-state index < -0.39 is 0 Å². The van der Waals surface area contributed by atoms with E-state index in [1.807, 2.05) is 36.4 Å². The molecule has 2 heterocycles. The van der Waals surface area contributed by atoms with Gasteiger partial charge in [0.15, 0.2) is 5.43 Å². The second kappa shape index (κ2) is 9.12. The molecule has 0 amide bonds. The van der Waals surface area contributed by atoms with Crippen LogP contribution in [-0.2, 0) is 6.42 Å². The van der Waals surface area contributed by atoms with Crippen molar-refractivity contribution in [1.82, 2.24) is 4.98 Å². The maximum absolute atomic E-state index is 13.5. The van der Waals surface area contributed by atoms with Crippen molar-refractivity contribution in [3.8, 4) is 17.1 Å². The molecule has 0 saturated carbocycles. The van der Waals surface area contributed by atoms with E-state index in [4.69, 9.17) is 14.3 Å². The van der Waals surface area contributed by atoms with Crippen LogP contribution in [0.3, 0.4) is 0 Å². The first-order chi connectivity index (χ1) is 14.6. The number of hydrogen-bond acceptors (Lipinski definition) is 5. The van der Waals surface area contributed by atoms with Crippen LogP contribution in [0.5, 0.6) is 5.75 Å². The van der Waals surface area contributed by atoms with Crippen LogP contribution in [0, 0.1) is 0 Å². The van der Waals surface area contributed by atoms with Gasteiger partial charge in [-0.2, -0.15) is 0 Å². The Labute approximate surface area is 189 Å². The lowest BCUT2D eigenvalue weighted by atomic mass is 9.99. The summed E-state index contributed by atoms with van der Waals surface area (Å²) in [6.45, 7) is 0.0725. The predicted molar refractivity (Wildman–Crippen MR) is 123 cm³/mol. The van der Waals surface area contributed by atoms with Crippen LogP contribution < -0.4 is 10.2 Å². The summed E-state index contributed by atoms with van der Waals surface area (Å²) in [6, 6.07) is 16.5. The van der Waals surface area contributed by atoms with Gasteiger partial charge in [-0.15, -0.1) is 0 Å². The van der Waals surface area contributed by atoms with Crippen LogP contribution in [0.25, 0.3) is 22.3 Å². The average molecular weight is 531 g/mol. The van der Waals surface area contributed by atoms with Crippen molar-refractivity contribution >= 4 is 42.8 Å². The van der Waals surface area contributed by atoms with Crippen LogP contribution in [0.15, 0.2) is 79.1 Å². The molecule has 0 saturated heterocycles. The zero-order valence-corrected chi connectivity index (χ0v) is 18.9. The topological polar surface area (TPSA) is 72.6 Å². The van der Waals surface area contributed by atoms with E-state index in [1.54, 1.807) is 24.4 Å². The monoisotopic (exact) mass is 529 g/mol. The fraction of sp³-hybridized carbons (Fsp3) is 0.130. The molecule has 0 unspecified atom stereocenters. The number of benzene rings is 2. The Kier molecular flexibility index (Phi) is 6.32.